The lowest BCUT2D eigenvalue weighted by molar-refractivity contribution is 0.941. The Morgan fingerprint density at radius 3 is 2.85 bits per heavy atom. The number of hydrogen-bond donors (Lipinski definition) is 0. The summed E-state index contributed by atoms with van der Waals surface area (Å²) in [6.07, 6.45) is 4.37. The average molecular weight is 286 g/mol. The lowest BCUT2D eigenvalue weighted by Gasteiger charge is -2.05. The predicted molar refractivity (Wildman–Crippen MR) is 68.5 cm³/mol. The van der Waals surface area contributed by atoms with Gasteiger partial charge in [-0.25, -0.2) is 0 Å². The summed E-state index contributed by atoms with van der Waals surface area (Å²) in [4.78, 5) is 0. The van der Waals surface area contributed by atoms with Crippen LogP contribution in [0, 0.1) is 6.92 Å². The van der Waals surface area contributed by atoms with Crippen molar-refractivity contribution >= 4 is 28.7 Å². The first-order chi connectivity index (χ1) is 6.27. The summed E-state index contributed by atoms with van der Waals surface area (Å²) in [5, 5.41) is 0. The van der Waals surface area contributed by atoms with Crippen molar-refractivity contribution in [2.45, 2.75) is 19.8 Å². The standard InChI is InChI=1S/C12H15I/c1-3-11-7-6-10(2)9-12(11)5-4-8-13/h3,6-7,9H,1,4-5,8H2,2H3. The van der Waals surface area contributed by atoms with Crippen LogP contribution in [0.2, 0.25) is 0 Å². The van der Waals surface area contributed by atoms with Crippen LogP contribution in [0.15, 0.2) is 24.8 Å². The molecule has 0 amide bonds. The van der Waals surface area contributed by atoms with Crippen LogP contribution in [0.3, 0.4) is 0 Å². The van der Waals surface area contributed by atoms with Crippen LogP contribution in [0.1, 0.15) is 23.1 Å². The van der Waals surface area contributed by atoms with E-state index in [4.69, 9.17) is 0 Å². The number of alkyl halides is 1. The fourth-order valence-corrected chi connectivity index (χ4v) is 1.79. The molecule has 0 radical (unpaired) electrons. The van der Waals surface area contributed by atoms with E-state index in [1.165, 1.54) is 34.0 Å². The van der Waals surface area contributed by atoms with Crippen LogP contribution in [-0.2, 0) is 6.42 Å². The lowest BCUT2D eigenvalue weighted by atomic mass is 10.0. The Labute approximate surface area is 94.2 Å². The first-order valence-electron chi connectivity index (χ1n) is 4.56. The van der Waals surface area contributed by atoms with Crippen LogP contribution in [0.5, 0.6) is 0 Å². The molecule has 0 aliphatic rings. The van der Waals surface area contributed by atoms with Gasteiger partial charge in [-0.3, -0.25) is 0 Å². The molecule has 0 saturated heterocycles. The largest absolute Gasteiger partial charge is 0.0985 e. The van der Waals surface area contributed by atoms with Crippen LogP contribution in [-0.4, -0.2) is 4.43 Å². The number of benzene rings is 1. The normalized spacial score (nSPS) is 10.0. The summed E-state index contributed by atoms with van der Waals surface area (Å²) < 4.78 is 1.22. The topological polar surface area (TPSA) is 0 Å². The maximum atomic E-state index is 3.83. The summed E-state index contributed by atoms with van der Waals surface area (Å²) in [7, 11) is 0. The molecule has 0 nitrogen and oxygen atoms in total. The van der Waals surface area contributed by atoms with Gasteiger partial charge in [-0.1, -0.05) is 59.0 Å². The highest BCUT2D eigenvalue weighted by molar-refractivity contribution is 14.1. The predicted octanol–water partition coefficient (Wildman–Crippen LogP) is 4.01. The van der Waals surface area contributed by atoms with Crippen molar-refractivity contribution in [1.29, 1.82) is 0 Å². The van der Waals surface area contributed by atoms with Gasteiger partial charge in [0.1, 0.15) is 0 Å². The second kappa shape index (κ2) is 5.43. The van der Waals surface area contributed by atoms with Gasteiger partial charge in [-0.2, -0.15) is 0 Å². The highest BCUT2D eigenvalue weighted by Crippen LogP contribution is 2.15. The fraction of sp³-hybridized carbons (Fsp3) is 0.333. The van der Waals surface area contributed by atoms with E-state index in [1.54, 1.807) is 0 Å². The number of aryl methyl sites for hydroxylation is 2. The van der Waals surface area contributed by atoms with Crippen LogP contribution >= 0.6 is 22.6 Å². The number of hydrogen-bond acceptors (Lipinski definition) is 0. The van der Waals surface area contributed by atoms with E-state index in [2.05, 4.69) is 54.3 Å². The minimum atomic E-state index is 1.17. The zero-order chi connectivity index (χ0) is 9.68. The van der Waals surface area contributed by atoms with Gasteiger partial charge in [-0.15, -0.1) is 0 Å². The molecule has 0 aromatic heterocycles. The van der Waals surface area contributed by atoms with E-state index in [9.17, 15) is 0 Å². The molecule has 0 aliphatic heterocycles. The Balaban J connectivity index is 2.87. The highest BCUT2D eigenvalue weighted by atomic mass is 127. The fourth-order valence-electron chi connectivity index (χ4n) is 1.41. The molecule has 0 atom stereocenters. The molecule has 0 bridgehead atoms. The molecule has 1 aromatic carbocycles. The molecule has 0 saturated carbocycles. The Morgan fingerprint density at radius 2 is 2.23 bits per heavy atom. The minimum absolute atomic E-state index is 1.17. The van der Waals surface area contributed by atoms with Crippen molar-refractivity contribution in [2.24, 2.45) is 0 Å². The molecule has 0 N–H and O–H groups in total. The first kappa shape index (κ1) is 10.8. The maximum absolute atomic E-state index is 3.83. The average Bonchev–Trinajstić information content (AvgIpc) is 2.15. The van der Waals surface area contributed by atoms with Crippen molar-refractivity contribution in [1.82, 2.24) is 0 Å². The molecule has 0 unspecified atom stereocenters. The van der Waals surface area contributed by atoms with E-state index < -0.39 is 0 Å². The molecule has 0 aliphatic carbocycles. The third-order valence-corrected chi connectivity index (χ3v) is 2.86. The second-order valence-electron chi connectivity index (χ2n) is 3.20. The monoisotopic (exact) mass is 286 g/mol. The number of halogens is 1. The Bertz CT molecular complexity index is 289. The summed E-state index contributed by atoms with van der Waals surface area (Å²) >= 11 is 2.42. The van der Waals surface area contributed by atoms with Gasteiger partial charge in [0.25, 0.3) is 0 Å². The van der Waals surface area contributed by atoms with Crippen molar-refractivity contribution in [3.05, 3.63) is 41.5 Å². The first-order valence-corrected chi connectivity index (χ1v) is 6.08. The van der Waals surface area contributed by atoms with Gasteiger partial charge >= 0.3 is 0 Å². The molecular weight excluding hydrogens is 271 g/mol. The quantitative estimate of drug-likeness (QED) is 0.579. The molecule has 1 aromatic rings. The number of rotatable bonds is 4. The van der Waals surface area contributed by atoms with Crippen LogP contribution in [0.25, 0.3) is 6.08 Å². The molecule has 0 spiro atoms. The molecule has 1 rings (SSSR count). The third kappa shape index (κ3) is 3.14. The Kier molecular flexibility index (Phi) is 4.50. The minimum Gasteiger partial charge on any atom is -0.0985 e. The smallest absolute Gasteiger partial charge is 0.000156 e. The maximum Gasteiger partial charge on any atom is -0.000156 e. The highest BCUT2D eigenvalue weighted by Gasteiger charge is 1.98. The summed E-state index contributed by atoms with van der Waals surface area (Å²) in [6, 6.07) is 6.57. The lowest BCUT2D eigenvalue weighted by Crippen LogP contribution is -1.91. The van der Waals surface area contributed by atoms with Crippen molar-refractivity contribution < 1.29 is 0 Å². The molecule has 0 fully saturated rings. The van der Waals surface area contributed by atoms with E-state index in [1.807, 2.05) is 6.08 Å². The molecule has 0 heterocycles. The van der Waals surface area contributed by atoms with Gasteiger partial charge in [-0.05, 0) is 35.3 Å². The summed E-state index contributed by atoms with van der Waals surface area (Å²) in [5.74, 6) is 0. The molecule has 70 valence electrons. The van der Waals surface area contributed by atoms with Gasteiger partial charge in [0.05, 0.1) is 0 Å². The third-order valence-electron chi connectivity index (χ3n) is 2.10. The van der Waals surface area contributed by atoms with Crippen molar-refractivity contribution in [3.8, 4) is 0 Å². The Morgan fingerprint density at radius 1 is 1.46 bits per heavy atom. The van der Waals surface area contributed by atoms with Crippen molar-refractivity contribution in [3.63, 3.8) is 0 Å². The Hall–Kier alpha value is -0.310. The van der Waals surface area contributed by atoms with Crippen LogP contribution < -0.4 is 0 Å². The van der Waals surface area contributed by atoms with E-state index in [-0.39, 0.29) is 0 Å². The van der Waals surface area contributed by atoms with Crippen molar-refractivity contribution in [2.75, 3.05) is 4.43 Å². The van der Waals surface area contributed by atoms with E-state index >= 15 is 0 Å². The van der Waals surface area contributed by atoms with Gasteiger partial charge < -0.3 is 0 Å². The van der Waals surface area contributed by atoms with E-state index in [0.29, 0.717) is 0 Å². The van der Waals surface area contributed by atoms with Gasteiger partial charge in [0.15, 0.2) is 0 Å². The van der Waals surface area contributed by atoms with Gasteiger partial charge in [0, 0.05) is 0 Å². The van der Waals surface area contributed by atoms with E-state index in [0.717, 1.165) is 0 Å². The summed E-state index contributed by atoms with van der Waals surface area (Å²) in [5.41, 5.74) is 4.07. The molecule has 1 heteroatoms. The van der Waals surface area contributed by atoms with Gasteiger partial charge in [0.2, 0.25) is 0 Å². The zero-order valence-electron chi connectivity index (χ0n) is 8.02. The SMILES string of the molecule is C=Cc1ccc(C)cc1CCCI. The van der Waals surface area contributed by atoms with Crippen LogP contribution in [0.4, 0.5) is 0 Å². The second-order valence-corrected chi connectivity index (χ2v) is 4.28. The molecule has 13 heavy (non-hydrogen) atoms. The summed E-state index contributed by atoms with van der Waals surface area (Å²) in [6.45, 7) is 5.97. The zero-order valence-corrected chi connectivity index (χ0v) is 10.2. The molecular formula is C12H15I.